The van der Waals surface area contributed by atoms with E-state index in [1.807, 2.05) is 24.3 Å². The molecule has 138 valence electrons. The third kappa shape index (κ3) is 7.11. The summed E-state index contributed by atoms with van der Waals surface area (Å²) in [5, 5.41) is 8.05. The van der Waals surface area contributed by atoms with Gasteiger partial charge in [-0.2, -0.15) is 0 Å². The van der Waals surface area contributed by atoms with E-state index in [-0.39, 0.29) is 49.1 Å². The maximum atomic E-state index is 12.1. The summed E-state index contributed by atoms with van der Waals surface area (Å²) in [5.41, 5.74) is 6.75. The van der Waals surface area contributed by atoms with Crippen molar-refractivity contribution >= 4 is 35.8 Å². The molecule has 0 bridgehead atoms. The standard InChI is InChI=1S/C17H24N4O3.ClH/c18-9-15(22)20-11-16(23)19-10-12-4-3-7-14(8-12)21-17(24)13-5-1-2-6-13;/h3-4,7-8,13H,1-2,5-6,9-11,18H2,(H,19,23)(H,20,22)(H,21,24);1H. The Labute approximate surface area is 153 Å². The molecular formula is C17H25ClN4O3. The van der Waals surface area contributed by atoms with E-state index < -0.39 is 0 Å². The summed E-state index contributed by atoms with van der Waals surface area (Å²) < 4.78 is 0. The van der Waals surface area contributed by atoms with Crippen LogP contribution in [0, 0.1) is 5.92 Å². The van der Waals surface area contributed by atoms with E-state index in [1.165, 1.54) is 0 Å². The lowest BCUT2D eigenvalue weighted by molar-refractivity contribution is -0.125. The van der Waals surface area contributed by atoms with Gasteiger partial charge in [0.05, 0.1) is 13.1 Å². The highest BCUT2D eigenvalue weighted by molar-refractivity contribution is 5.92. The highest BCUT2D eigenvalue weighted by Gasteiger charge is 2.22. The SMILES string of the molecule is Cl.NCC(=O)NCC(=O)NCc1cccc(NC(=O)C2CCCC2)c1. The number of nitrogens with two attached hydrogens (primary N) is 1. The van der Waals surface area contributed by atoms with Crippen LogP contribution in [-0.2, 0) is 20.9 Å². The summed E-state index contributed by atoms with van der Waals surface area (Å²) >= 11 is 0. The van der Waals surface area contributed by atoms with Crippen molar-refractivity contribution in [3.8, 4) is 0 Å². The molecule has 0 spiro atoms. The molecule has 0 saturated heterocycles. The molecule has 1 aromatic rings. The minimum atomic E-state index is -0.373. The predicted molar refractivity (Wildman–Crippen MR) is 98.2 cm³/mol. The normalized spacial score (nSPS) is 13.6. The number of carbonyl (C=O) groups is 3. The van der Waals surface area contributed by atoms with Crippen LogP contribution in [0.25, 0.3) is 0 Å². The topological polar surface area (TPSA) is 113 Å². The molecule has 5 N–H and O–H groups in total. The number of rotatable bonds is 7. The van der Waals surface area contributed by atoms with Crippen LogP contribution in [0.4, 0.5) is 5.69 Å². The Morgan fingerprint density at radius 2 is 1.80 bits per heavy atom. The van der Waals surface area contributed by atoms with Crippen LogP contribution in [0.2, 0.25) is 0 Å². The van der Waals surface area contributed by atoms with Gasteiger partial charge < -0.3 is 21.7 Å². The van der Waals surface area contributed by atoms with E-state index in [0.717, 1.165) is 36.9 Å². The third-order valence-electron chi connectivity index (χ3n) is 4.04. The average molecular weight is 369 g/mol. The number of hydrogen-bond acceptors (Lipinski definition) is 4. The minimum Gasteiger partial charge on any atom is -0.350 e. The van der Waals surface area contributed by atoms with Gasteiger partial charge in [0.2, 0.25) is 17.7 Å². The van der Waals surface area contributed by atoms with Crippen LogP contribution >= 0.6 is 12.4 Å². The van der Waals surface area contributed by atoms with Crippen LogP contribution in [0.1, 0.15) is 31.2 Å². The summed E-state index contributed by atoms with van der Waals surface area (Å²) in [6.07, 6.45) is 4.14. The van der Waals surface area contributed by atoms with Crippen LogP contribution in [-0.4, -0.2) is 30.8 Å². The molecule has 0 unspecified atom stereocenters. The highest BCUT2D eigenvalue weighted by atomic mass is 35.5. The number of benzene rings is 1. The van der Waals surface area contributed by atoms with Crippen molar-refractivity contribution in [3.63, 3.8) is 0 Å². The first-order chi connectivity index (χ1) is 11.6. The van der Waals surface area contributed by atoms with E-state index in [0.29, 0.717) is 6.54 Å². The van der Waals surface area contributed by atoms with E-state index in [2.05, 4.69) is 16.0 Å². The van der Waals surface area contributed by atoms with Gasteiger partial charge in [-0.1, -0.05) is 25.0 Å². The second-order valence-electron chi connectivity index (χ2n) is 5.93. The number of carbonyl (C=O) groups excluding carboxylic acids is 3. The van der Waals surface area contributed by atoms with Gasteiger partial charge in [0.1, 0.15) is 0 Å². The lowest BCUT2D eigenvalue weighted by Gasteiger charge is -2.12. The molecule has 1 aliphatic carbocycles. The molecule has 1 aromatic carbocycles. The van der Waals surface area contributed by atoms with Crippen molar-refractivity contribution in [1.82, 2.24) is 10.6 Å². The van der Waals surface area contributed by atoms with Crippen molar-refractivity contribution in [2.45, 2.75) is 32.2 Å². The van der Waals surface area contributed by atoms with Gasteiger partial charge in [-0.3, -0.25) is 14.4 Å². The number of amides is 3. The van der Waals surface area contributed by atoms with Crippen molar-refractivity contribution in [2.24, 2.45) is 11.7 Å². The molecule has 8 heteroatoms. The molecule has 0 atom stereocenters. The Balaban J connectivity index is 0.00000312. The zero-order valence-corrected chi connectivity index (χ0v) is 14.9. The van der Waals surface area contributed by atoms with Crippen molar-refractivity contribution in [1.29, 1.82) is 0 Å². The Hall–Kier alpha value is -2.12. The molecule has 1 fully saturated rings. The number of halogens is 1. The molecule has 1 saturated carbocycles. The monoisotopic (exact) mass is 368 g/mol. The lowest BCUT2D eigenvalue weighted by atomic mass is 10.1. The maximum absolute atomic E-state index is 12.1. The minimum absolute atomic E-state index is 0. The average Bonchev–Trinajstić information content (AvgIpc) is 3.13. The fraction of sp³-hybridized carbons (Fsp3) is 0.471. The third-order valence-corrected chi connectivity index (χ3v) is 4.04. The Kier molecular flexibility index (Phi) is 8.94. The van der Waals surface area contributed by atoms with Gasteiger partial charge in [0, 0.05) is 18.2 Å². The van der Waals surface area contributed by atoms with Crippen molar-refractivity contribution in [2.75, 3.05) is 18.4 Å². The first-order valence-electron chi connectivity index (χ1n) is 8.21. The van der Waals surface area contributed by atoms with Crippen molar-refractivity contribution < 1.29 is 14.4 Å². The lowest BCUT2D eigenvalue weighted by Crippen LogP contribution is -2.39. The molecule has 0 radical (unpaired) electrons. The zero-order valence-electron chi connectivity index (χ0n) is 14.0. The van der Waals surface area contributed by atoms with Gasteiger partial charge >= 0.3 is 0 Å². The molecule has 0 heterocycles. The molecule has 2 rings (SSSR count). The zero-order chi connectivity index (χ0) is 17.4. The highest BCUT2D eigenvalue weighted by Crippen LogP contribution is 2.26. The Morgan fingerprint density at radius 3 is 2.48 bits per heavy atom. The second-order valence-corrected chi connectivity index (χ2v) is 5.93. The van der Waals surface area contributed by atoms with Gasteiger partial charge in [-0.05, 0) is 30.5 Å². The molecule has 0 aromatic heterocycles. The van der Waals surface area contributed by atoms with E-state index in [9.17, 15) is 14.4 Å². The fourth-order valence-electron chi connectivity index (χ4n) is 2.71. The number of anilines is 1. The summed E-state index contributed by atoms with van der Waals surface area (Å²) in [6.45, 7) is 0.0780. The second kappa shape index (κ2) is 10.7. The summed E-state index contributed by atoms with van der Waals surface area (Å²) in [4.78, 5) is 34.8. The molecule has 0 aliphatic heterocycles. The quantitative estimate of drug-likeness (QED) is 0.573. The van der Waals surface area contributed by atoms with E-state index in [4.69, 9.17) is 5.73 Å². The molecule has 3 amide bonds. The number of hydrogen-bond donors (Lipinski definition) is 4. The van der Waals surface area contributed by atoms with Gasteiger partial charge in [-0.25, -0.2) is 0 Å². The molecular weight excluding hydrogens is 344 g/mol. The molecule has 1 aliphatic rings. The Bertz CT molecular complexity index is 603. The number of nitrogens with one attached hydrogen (secondary N) is 3. The predicted octanol–water partition coefficient (Wildman–Crippen LogP) is 0.928. The summed E-state index contributed by atoms with van der Waals surface area (Å²) in [7, 11) is 0. The van der Waals surface area contributed by atoms with Crippen molar-refractivity contribution in [3.05, 3.63) is 29.8 Å². The van der Waals surface area contributed by atoms with Gasteiger partial charge in [-0.15, -0.1) is 12.4 Å². The maximum Gasteiger partial charge on any atom is 0.239 e. The van der Waals surface area contributed by atoms with E-state index >= 15 is 0 Å². The Morgan fingerprint density at radius 1 is 1.08 bits per heavy atom. The summed E-state index contributed by atoms with van der Waals surface area (Å²) in [5.74, 6) is -0.489. The molecule has 25 heavy (non-hydrogen) atoms. The molecule has 7 nitrogen and oxygen atoms in total. The van der Waals surface area contributed by atoms with E-state index in [1.54, 1.807) is 0 Å². The van der Waals surface area contributed by atoms with Crippen LogP contribution < -0.4 is 21.7 Å². The largest absolute Gasteiger partial charge is 0.350 e. The first kappa shape index (κ1) is 20.9. The fourth-order valence-corrected chi connectivity index (χ4v) is 2.71. The first-order valence-corrected chi connectivity index (χ1v) is 8.21. The smallest absolute Gasteiger partial charge is 0.239 e. The van der Waals surface area contributed by atoms with Crippen LogP contribution in [0.3, 0.4) is 0 Å². The van der Waals surface area contributed by atoms with Gasteiger partial charge in [0.25, 0.3) is 0 Å². The summed E-state index contributed by atoms with van der Waals surface area (Å²) in [6, 6.07) is 7.37. The van der Waals surface area contributed by atoms with Crippen LogP contribution in [0.15, 0.2) is 24.3 Å². The van der Waals surface area contributed by atoms with Gasteiger partial charge in [0.15, 0.2) is 0 Å². The van der Waals surface area contributed by atoms with Crippen LogP contribution in [0.5, 0.6) is 0 Å².